The largest absolute Gasteiger partial charge is 0.316 e. The van der Waals surface area contributed by atoms with E-state index in [0.29, 0.717) is 6.54 Å². The van der Waals surface area contributed by atoms with Gasteiger partial charge in [0.1, 0.15) is 0 Å². The van der Waals surface area contributed by atoms with Gasteiger partial charge in [-0.15, -0.1) is 0 Å². The van der Waals surface area contributed by atoms with Crippen molar-refractivity contribution in [3.63, 3.8) is 0 Å². The molecule has 0 unspecified atom stereocenters. The number of nitrogens with zero attached hydrogens (tertiary/aromatic N) is 1. The van der Waals surface area contributed by atoms with E-state index in [2.05, 4.69) is 30.8 Å². The lowest BCUT2D eigenvalue weighted by Gasteiger charge is -2.17. The lowest BCUT2D eigenvalue weighted by atomic mass is 9.85. The van der Waals surface area contributed by atoms with E-state index in [0.717, 1.165) is 0 Å². The highest BCUT2D eigenvalue weighted by Gasteiger charge is 2.23. The normalized spacial score (nSPS) is 10.8. The molecule has 12 heavy (non-hydrogen) atoms. The van der Waals surface area contributed by atoms with Crippen molar-refractivity contribution < 1.29 is 0 Å². The molecule has 0 amide bonds. The molecule has 62 valence electrons. The fraction of sp³-hybridized carbons (Fsp3) is 0.364. The van der Waals surface area contributed by atoms with Gasteiger partial charge in [0.25, 0.3) is 0 Å². The minimum Gasteiger partial charge on any atom is -0.316 e. The van der Waals surface area contributed by atoms with Crippen molar-refractivity contribution in [1.29, 1.82) is 0 Å². The Kier molecular flexibility index (Phi) is 2.50. The van der Waals surface area contributed by atoms with Crippen LogP contribution in [0, 0.1) is 6.57 Å². The number of hydrogen-bond donors (Lipinski definition) is 0. The quantitative estimate of drug-likeness (QED) is 0.584. The van der Waals surface area contributed by atoms with Gasteiger partial charge in [0.15, 0.2) is 0 Å². The van der Waals surface area contributed by atoms with Gasteiger partial charge in [-0.2, -0.15) is 0 Å². The highest BCUT2D eigenvalue weighted by atomic mass is 14.7. The molecule has 0 aromatic heterocycles. The molecule has 0 atom stereocenters. The average molecular weight is 159 g/mol. The molecule has 0 aliphatic rings. The van der Waals surface area contributed by atoms with E-state index in [9.17, 15) is 0 Å². The highest BCUT2D eigenvalue weighted by Crippen LogP contribution is 2.22. The molecule has 1 rings (SSSR count). The molecule has 0 radical (unpaired) electrons. The molecule has 0 spiro atoms. The van der Waals surface area contributed by atoms with Crippen LogP contribution in [-0.2, 0) is 5.41 Å². The molecule has 0 aliphatic carbocycles. The third-order valence-electron chi connectivity index (χ3n) is 2.03. The fourth-order valence-electron chi connectivity index (χ4n) is 1.18. The molecule has 0 saturated heterocycles. The van der Waals surface area contributed by atoms with E-state index >= 15 is 0 Å². The summed E-state index contributed by atoms with van der Waals surface area (Å²) in [5.74, 6) is 0. The van der Waals surface area contributed by atoms with Gasteiger partial charge in [-0.1, -0.05) is 30.3 Å². The smallest absolute Gasteiger partial charge is 0.223 e. The number of rotatable bonds is 2. The van der Waals surface area contributed by atoms with Crippen molar-refractivity contribution in [2.45, 2.75) is 19.3 Å². The fourth-order valence-corrected chi connectivity index (χ4v) is 1.18. The SMILES string of the molecule is [C-]#[N+]CC(C)(C)c1ccccc1. The molecule has 0 saturated carbocycles. The summed E-state index contributed by atoms with van der Waals surface area (Å²) < 4.78 is 0. The second kappa shape index (κ2) is 3.40. The van der Waals surface area contributed by atoms with Gasteiger partial charge in [0.05, 0.1) is 5.41 Å². The van der Waals surface area contributed by atoms with Crippen LogP contribution in [0.4, 0.5) is 0 Å². The third-order valence-corrected chi connectivity index (χ3v) is 2.03. The molecular weight excluding hydrogens is 146 g/mol. The maximum Gasteiger partial charge on any atom is 0.223 e. The maximum atomic E-state index is 6.83. The van der Waals surface area contributed by atoms with Gasteiger partial charge in [0.2, 0.25) is 6.54 Å². The predicted molar refractivity (Wildman–Crippen MR) is 50.9 cm³/mol. The minimum atomic E-state index is -0.0109. The van der Waals surface area contributed by atoms with Crippen LogP contribution in [0.15, 0.2) is 30.3 Å². The Hall–Kier alpha value is -1.29. The van der Waals surface area contributed by atoms with Crippen LogP contribution in [0.5, 0.6) is 0 Å². The molecule has 0 bridgehead atoms. The van der Waals surface area contributed by atoms with Gasteiger partial charge < -0.3 is 4.85 Å². The molecule has 1 aromatic carbocycles. The molecule has 0 fully saturated rings. The van der Waals surface area contributed by atoms with E-state index in [-0.39, 0.29) is 5.41 Å². The highest BCUT2D eigenvalue weighted by molar-refractivity contribution is 5.24. The Labute approximate surface area is 73.9 Å². The first kappa shape index (κ1) is 8.80. The van der Waals surface area contributed by atoms with Crippen LogP contribution in [-0.4, -0.2) is 6.54 Å². The second-order valence-electron chi connectivity index (χ2n) is 3.57. The Morgan fingerprint density at radius 2 is 1.83 bits per heavy atom. The van der Waals surface area contributed by atoms with E-state index in [1.54, 1.807) is 0 Å². The summed E-state index contributed by atoms with van der Waals surface area (Å²) >= 11 is 0. The summed E-state index contributed by atoms with van der Waals surface area (Å²) in [6.07, 6.45) is 0. The maximum absolute atomic E-state index is 6.83. The molecule has 0 N–H and O–H groups in total. The summed E-state index contributed by atoms with van der Waals surface area (Å²) in [7, 11) is 0. The number of hydrogen-bond acceptors (Lipinski definition) is 0. The zero-order valence-electron chi connectivity index (χ0n) is 7.54. The van der Waals surface area contributed by atoms with E-state index < -0.39 is 0 Å². The molecule has 1 heteroatoms. The van der Waals surface area contributed by atoms with Crippen LogP contribution < -0.4 is 0 Å². The topological polar surface area (TPSA) is 4.36 Å². The minimum absolute atomic E-state index is 0.0109. The summed E-state index contributed by atoms with van der Waals surface area (Å²) in [6.45, 7) is 11.6. The van der Waals surface area contributed by atoms with E-state index in [1.807, 2.05) is 18.2 Å². The molecular formula is C11H13N. The third kappa shape index (κ3) is 1.85. The first-order valence-electron chi connectivity index (χ1n) is 4.05. The van der Waals surface area contributed by atoms with Crippen molar-refractivity contribution in [1.82, 2.24) is 0 Å². The van der Waals surface area contributed by atoms with Crippen LogP contribution >= 0.6 is 0 Å². The molecule has 1 aromatic rings. The van der Waals surface area contributed by atoms with Crippen LogP contribution in [0.2, 0.25) is 0 Å². The monoisotopic (exact) mass is 159 g/mol. The number of benzene rings is 1. The van der Waals surface area contributed by atoms with Crippen molar-refractivity contribution >= 4 is 0 Å². The average Bonchev–Trinajstić information content (AvgIpc) is 2.06. The zero-order chi connectivity index (χ0) is 9.03. The van der Waals surface area contributed by atoms with Gasteiger partial charge in [-0.05, 0) is 19.4 Å². The van der Waals surface area contributed by atoms with Gasteiger partial charge in [0, 0.05) is 0 Å². The van der Waals surface area contributed by atoms with Crippen LogP contribution in [0.1, 0.15) is 19.4 Å². The second-order valence-corrected chi connectivity index (χ2v) is 3.57. The lowest BCUT2D eigenvalue weighted by Crippen LogP contribution is -2.19. The summed E-state index contributed by atoms with van der Waals surface area (Å²) in [6, 6.07) is 10.2. The first-order valence-corrected chi connectivity index (χ1v) is 4.05. The first-order chi connectivity index (χ1) is 5.67. The van der Waals surface area contributed by atoms with Crippen LogP contribution in [0.25, 0.3) is 4.85 Å². The standard InChI is InChI=1S/C11H13N/c1-11(2,9-12-3)10-7-5-4-6-8-10/h4-8H,9H2,1-2H3. The van der Waals surface area contributed by atoms with Crippen molar-refractivity contribution in [2.75, 3.05) is 6.54 Å². The van der Waals surface area contributed by atoms with Crippen molar-refractivity contribution in [3.8, 4) is 0 Å². The van der Waals surface area contributed by atoms with Crippen molar-refractivity contribution in [2.24, 2.45) is 0 Å². The van der Waals surface area contributed by atoms with Gasteiger partial charge in [-0.25, -0.2) is 6.57 Å². The van der Waals surface area contributed by atoms with Crippen molar-refractivity contribution in [3.05, 3.63) is 47.3 Å². The summed E-state index contributed by atoms with van der Waals surface area (Å²) in [5, 5.41) is 0. The Bertz CT molecular complexity index is 280. The summed E-state index contributed by atoms with van der Waals surface area (Å²) in [4.78, 5) is 3.43. The lowest BCUT2D eigenvalue weighted by molar-refractivity contribution is 0.572. The van der Waals surface area contributed by atoms with Gasteiger partial charge >= 0.3 is 0 Å². The zero-order valence-corrected chi connectivity index (χ0v) is 7.54. The van der Waals surface area contributed by atoms with Crippen LogP contribution in [0.3, 0.4) is 0 Å². The van der Waals surface area contributed by atoms with E-state index in [4.69, 9.17) is 6.57 Å². The predicted octanol–water partition coefficient (Wildman–Crippen LogP) is 2.88. The molecule has 1 nitrogen and oxygen atoms in total. The molecule has 0 heterocycles. The Balaban J connectivity index is 2.91. The van der Waals surface area contributed by atoms with E-state index in [1.165, 1.54) is 5.56 Å². The summed E-state index contributed by atoms with van der Waals surface area (Å²) in [5.41, 5.74) is 1.23. The Morgan fingerprint density at radius 3 is 2.33 bits per heavy atom. The van der Waals surface area contributed by atoms with Gasteiger partial charge in [-0.3, -0.25) is 0 Å². The molecule has 0 aliphatic heterocycles. The Morgan fingerprint density at radius 1 is 1.25 bits per heavy atom.